The van der Waals surface area contributed by atoms with Crippen LogP contribution in [0.25, 0.3) is 0 Å². The highest BCUT2D eigenvalue weighted by Gasteiger charge is 2.23. The zero-order valence-corrected chi connectivity index (χ0v) is 12.6. The Morgan fingerprint density at radius 2 is 1.83 bits per heavy atom. The van der Waals surface area contributed by atoms with Crippen LogP contribution in [0.5, 0.6) is 0 Å². The summed E-state index contributed by atoms with van der Waals surface area (Å²) in [6.45, 7) is 7.54. The summed E-state index contributed by atoms with van der Waals surface area (Å²) in [6, 6.07) is -0.184. The van der Waals surface area contributed by atoms with E-state index in [2.05, 4.69) is 10.0 Å². The van der Waals surface area contributed by atoms with Crippen LogP contribution in [-0.2, 0) is 14.8 Å². The summed E-state index contributed by atoms with van der Waals surface area (Å²) in [7, 11) is -3.29. The van der Waals surface area contributed by atoms with Gasteiger partial charge in [0.1, 0.15) is 0 Å². The van der Waals surface area contributed by atoms with E-state index in [1.807, 2.05) is 13.8 Å². The van der Waals surface area contributed by atoms with Gasteiger partial charge in [-0.1, -0.05) is 13.8 Å². The predicted octanol–water partition coefficient (Wildman–Crippen LogP) is -0.196. The molecule has 4 N–H and O–H groups in total. The van der Waals surface area contributed by atoms with Crippen molar-refractivity contribution >= 4 is 15.9 Å². The molecule has 108 valence electrons. The Hall–Kier alpha value is -0.660. The molecule has 0 bridgehead atoms. The molecule has 0 rings (SSSR count). The number of amides is 1. The number of carbonyl (C=O) groups is 1. The fourth-order valence-electron chi connectivity index (χ4n) is 1.38. The van der Waals surface area contributed by atoms with Crippen molar-refractivity contribution in [1.82, 2.24) is 10.0 Å². The van der Waals surface area contributed by atoms with Crippen LogP contribution in [-0.4, -0.2) is 38.7 Å². The number of hydrogen-bond acceptors (Lipinski definition) is 4. The Labute approximate surface area is 110 Å². The highest BCUT2D eigenvalue weighted by atomic mass is 32.2. The fraction of sp³-hybridized carbons (Fsp3) is 0.909. The Balaban J connectivity index is 4.20. The Morgan fingerprint density at radius 3 is 2.22 bits per heavy atom. The Kier molecular flexibility index (Phi) is 6.25. The molecule has 1 unspecified atom stereocenters. The molecule has 0 heterocycles. The summed E-state index contributed by atoms with van der Waals surface area (Å²) in [5.41, 5.74) is 5.07. The van der Waals surface area contributed by atoms with E-state index in [9.17, 15) is 13.2 Å². The molecule has 6 nitrogen and oxygen atoms in total. The molecule has 0 aromatic heterocycles. The first-order valence-electron chi connectivity index (χ1n) is 5.94. The molecule has 0 aromatic rings. The molecule has 0 saturated carbocycles. The van der Waals surface area contributed by atoms with Crippen LogP contribution in [0.4, 0.5) is 0 Å². The molecular formula is C11H25N3O3S. The van der Waals surface area contributed by atoms with Gasteiger partial charge >= 0.3 is 0 Å². The van der Waals surface area contributed by atoms with Crippen molar-refractivity contribution in [2.75, 3.05) is 12.8 Å². The third-order valence-electron chi connectivity index (χ3n) is 2.47. The molecule has 1 atom stereocenters. The lowest BCUT2D eigenvalue weighted by Crippen LogP contribution is -2.51. The second-order valence-corrected chi connectivity index (χ2v) is 7.40. The van der Waals surface area contributed by atoms with Crippen molar-refractivity contribution in [3.8, 4) is 0 Å². The third-order valence-corrected chi connectivity index (χ3v) is 3.39. The Morgan fingerprint density at radius 1 is 1.33 bits per heavy atom. The second-order valence-electron chi connectivity index (χ2n) is 5.65. The van der Waals surface area contributed by atoms with E-state index in [0.29, 0.717) is 0 Å². The topological polar surface area (TPSA) is 101 Å². The van der Waals surface area contributed by atoms with Crippen molar-refractivity contribution in [2.24, 2.45) is 11.7 Å². The minimum absolute atomic E-state index is 0.167. The number of nitrogens with one attached hydrogen (secondary N) is 2. The van der Waals surface area contributed by atoms with Crippen LogP contribution in [0.15, 0.2) is 0 Å². The first-order chi connectivity index (χ1) is 7.93. The van der Waals surface area contributed by atoms with Gasteiger partial charge in [0, 0.05) is 24.5 Å². The van der Waals surface area contributed by atoms with Gasteiger partial charge in [-0.2, -0.15) is 0 Å². The molecule has 7 heteroatoms. The molecule has 0 spiro atoms. The maximum Gasteiger partial charge on any atom is 0.221 e. The van der Waals surface area contributed by atoms with E-state index in [4.69, 9.17) is 5.73 Å². The van der Waals surface area contributed by atoms with Crippen molar-refractivity contribution in [3.63, 3.8) is 0 Å². The first kappa shape index (κ1) is 17.3. The summed E-state index contributed by atoms with van der Waals surface area (Å²) in [4.78, 5) is 11.6. The van der Waals surface area contributed by atoms with Gasteiger partial charge in [0.25, 0.3) is 0 Å². The van der Waals surface area contributed by atoms with Crippen LogP contribution in [0.3, 0.4) is 0 Å². The number of carbonyl (C=O) groups excluding carboxylic acids is 1. The highest BCUT2D eigenvalue weighted by Crippen LogP contribution is 2.04. The highest BCUT2D eigenvalue weighted by molar-refractivity contribution is 7.88. The van der Waals surface area contributed by atoms with Crippen LogP contribution < -0.4 is 15.8 Å². The molecule has 0 aliphatic rings. The molecule has 1 amide bonds. The van der Waals surface area contributed by atoms with E-state index in [0.717, 1.165) is 6.26 Å². The Bertz CT molecular complexity index is 377. The van der Waals surface area contributed by atoms with Gasteiger partial charge in [-0.05, 0) is 19.8 Å². The summed E-state index contributed by atoms with van der Waals surface area (Å²) < 4.78 is 24.7. The summed E-state index contributed by atoms with van der Waals surface area (Å²) in [5.74, 6) is 0.0671. The van der Waals surface area contributed by atoms with Crippen molar-refractivity contribution in [1.29, 1.82) is 0 Å². The minimum atomic E-state index is -3.29. The van der Waals surface area contributed by atoms with Gasteiger partial charge in [-0.15, -0.1) is 0 Å². The molecule has 0 fully saturated rings. The number of sulfonamides is 1. The summed E-state index contributed by atoms with van der Waals surface area (Å²) >= 11 is 0. The van der Waals surface area contributed by atoms with E-state index >= 15 is 0 Å². The lowest BCUT2D eigenvalue weighted by Gasteiger charge is -2.25. The lowest BCUT2D eigenvalue weighted by molar-refractivity contribution is -0.121. The molecule has 0 aromatic carbocycles. The standard InChI is InChI=1S/C11H25N3O3S/c1-8(2)9(12)6-10(15)13-7-11(3,4)14-18(5,16)17/h8-9,14H,6-7,12H2,1-5H3,(H,13,15). The summed E-state index contributed by atoms with van der Waals surface area (Å²) in [5, 5.41) is 2.69. The third kappa shape index (κ3) is 8.43. The van der Waals surface area contributed by atoms with E-state index in [1.165, 1.54) is 0 Å². The lowest BCUT2D eigenvalue weighted by atomic mass is 10.0. The predicted molar refractivity (Wildman–Crippen MR) is 72.5 cm³/mol. The molecule has 18 heavy (non-hydrogen) atoms. The molecule has 0 radical (unpaired) electrons. The molecule has 0 saturated heterocycles. The number of rotatable bonds is 7. The fourth-order valence-corrected chi connectivity index (χ4v) is 2.46. The van der Waals surface area contributed by atoms with Crippen molar-refractivity contribution < 1.29 is 13.2 Å². The summed E-state index contributed by atoms with van der Waals surface area (Å²) in [6.07, 6.45) is 1.33. The monoisotopic (exact) mass is 279 g/mol. The van der Waals surface area contributed by atoms with Crippen molar-refractivity contribution in [3.05, 3.63) is 0 Å². The normalized spacial score (nSPS) is 14.6. The van der Waals surface area contributed by atoms with Crippen molar-refractivity contribution in [2.45, 2.75) is 45.7 Å². The SMILES string of the molecule is CC(C)C(N)CC(=O)NCC(C)(C)NS(C)(=O)=O. The van der Waals surface area contributed by atoms with Crippen LogP contribution in [0.1, 0.15) is 34.1 Å². The average molecular weight is 279 g/mol. The van der Waals surface area contributed by atoms with Gasteiger partial charge in [0.15, 0.2) is 0 Å². The molecule has 0 aliphatic carbocycles. The van der Waals surface area contributed by atoms with Crippen LogP contribution >= 0.6 is 0 Å². The molecule has 0 aliphatic heterocycles. The van der Waals surface area contributed by atoms with Gasteiger partial charge < -0.3 is 11.1 Å². The zero-order chi connectivity index (χ0) is 14.6. The van der Waals surface area contributed by atoms with Gasteiger partial charge in [0.05, 0.1) is 6.26 Å². The minimum Gasteiger partial charge on any atom is -0.354 e. The zero-order valence-electron chi connectivity index (χ0n) is 11.8. The maximum absolute atomic E-state index is 11.6. The maximum atomic E-state index is 11.6. The average Bonchev–Trinajstić information content (AvgIpc) is 2.11. The van der Waals surface area contributed by atoms with Crippen LogP contribution in [0, 0.1) is 5.92 Å². The van der Waals surface area contributed by atoms with Gasteiger partial charge in [0.2, 0.25) is 15.9 Å². The number of nitrogens with two attached hydrogens (primary N) is 1. The quantitative estimate of drug-likeness (QED) is 0.601. The van der Waals surface area contributed by atoms with Gasteiger partial charge in [-0.25, -0.2) is 13.1 Å². The first-order valence-corrected chi connectivity index (χ1v) is 7.83. The number of hydrogen-bond donors (Lipinski definition) is 3. The van der Waals surface area contributed by atoms with E-state index in [1.54, 1.807) is 13.8 Å². The van der Waals surface area contributed by atoms with E-state index < -0.39 is 15.6 Å². The largest absolute Gasteiger partial charge is 0.354 e. The van der Waals surface area contributed by atoms with Gasteiger partial charge in [-0.3, -0.25) is 4.79 Å². The smallest absolute Gasteiger partial charge is 0.221 e. The van der Waals surface area contributed by atoms with E-state index in [-0.39, 0.29) is 30.8 Å². The molecular weight excluding hydrogens is 254 g/mol. The van der Waals surface area contributed by atoms with Crippen LogP contribution in [0.2, 0.25) is 0 Å². The second kappa shape index (κ2) is 6.49.